The van der Waals surface area contributed by atoms with Crippen molar-refractivity contribution < 1.29 is 0 Å². The zero-order valence-electron chi connectivity index (χ0n) is 12.7. The van der Waals surface area contributed by atoms with Gasteiger partial charge in [0.25, 0.3) is 0 Å². The fraction of sp³-hybridized carbons (Fsp3) is 0.389. The van der Waals surface area contributed by atoms with Crippen molar-refractivity contribution in [3.63, 3.8) is 0 Å². The third-order valence-electron chi connectivity index (χ3n) is 3.60. The highest BCUT2D eigenvalue weighted by atomic mass is 14.9. The van der Waals surface area contributed by atoms with Crippen molar-refractivity contribution in [1.82, 2.24) is 4.98 Å². The van der Waals surface area contributed by atoms with Crippen LogP contribution < -0.4 is 5.32 Å². The molecule has 20 heavy (non-hydrogen) atoms. The molecule has 2 heteroatoms. The lowest BCUT2D eigenvalue weighted by atomic mass is 10.0. The monoisotopic (exact) mass is 268 g/mol. The number of benzene rings is 1. The van der Waals surface area contributed by atoms with Crippen LogP contribution in [0, 0.1) is 13.8 Å². The summed E-state index contributed by atoms with van der Waals surface area (Å²) in [7, 11) is 0. The molecule has 0 spiro atoms. The van der Waals surface area contributed by atoms with Crippen molar-refractivity contribution in [2.75, 3.05) is 5.32 Å². The first kappa shape index (κ1) is 14.6. The van der Waals surface area contributed by atoms with Gasteiger partial charge in [-0.3, -0.25) is 4.98 Å². The summed E-state index contributed by atoms with van der Waals surface area (Å²) in [5.74, 6) is 0. The smallest absolute Gasteiger partial charge is 0.0607 e. The molecule has 2 rings (SSSR count). The fourth-order valence-corrected chi connectivity index (χ4v) is 2.44. The highest BCUT2D eigenvalue weighted by Crippen LogP contribution is 2.25. The van der Waals surface area contributed by atoms with E-state index in [0.29, 0.717) is 6.04 Å². The number of hydrogen-bond acceptors (Lipinski definition) is 2. The second-order valence-electron chi connectivity index (χ2n) is 5.34. The largest absolute Gasteiger partial charge is 0.377 e. The molecule has 1 aromatic carbocycles. The SMILES string of the molecule is CCCCC(Nc1ccc(C)nc1C)c1ccccc1. The number of nitrogens with zero attached hydrogens (tertiary/aromatic N) is 1. The first-order chi connectivity index (χ1) is 9.70. The predicted octanol–water partition coefficient (Wildman–Crippen LogP) is 5.04. The Labute approximate surface area is 122 Å². The highest BCUT2D eigenvalue weighted by Gasteiger charge is 2.12. The van der Waals surface area contributed by atoms with Crippen molar-refractivity contribution in [3.05, 3.63) is 59.4 Å². The maximum absolute atomic E-state index is 4.54. The molecule has 0 bridgehead atoms. The van der Waals surface area contributed by atoms with Gasteiger partial charge in [0.2, 0.25) is 0 Å². The van der Waals surface area contributed by atoms with Crippen molar-refractivity contribution in [3.8, 4) is 0 Å². The average molecular weight is 268 g/mol. The maximum atomic E-state index is 4.54. The predicted molar refractivity (Wildman–Crippen MR) is 86.0 cm³/mol. The second kappa shape index (κ2) is 7.09. The first-order valence-electron chi connectivity index (χ1n) is 7.46. The molecule has 1 heterocycles. The molecular formula is C18H24N2. The molecule has 2 nitrogen and oxygen atoms in total. The lowest BCUT2D eigenvalue weighted by Crippen LogP contribution is -2.12. The summed E-state index contributed by atoms with van der Waals surface area (Å²) >= 11 is 0. The number of aryl methyl sites for hydroxylation is 2. The van der Waals surface area contributed by atoms with Crippen molar-refractivity contribution in [1.29, 1.82) is 0 Å². The van der Waals surface area contributed by atoms with Crippen LogP contribution in [0.1, 0.15) is 49.2 Å². The lowest BCUT2D eigenvalue weighted by molar-refractivity contribution is 0.633. The Morgan fingerprint density at radius 2 is 1.80 bits per heavy atom. The Kier molecular flexibility index (Phi) is 5.16. The summed E-state index contributed by atoms with van der Waals surface area (Å²) in [4.78, 5) is 4.54. The van der Waals surface area contributed by atoms with E-state index in [-0.39, 0.29) is 0 Å². The Morgan fingerprint density at radius 1 is 1.05 bits per heavy atom. The summed E-state index contributed by atoms with van der Waals surface area (Å²) in [5, 5.41) is 3.66. The normalized spacial score (nSPS) is 12.2. The molecule has 0 radical (unpaired) electrons. The molecule has 0 saturated carbocycles. The van der Waals surface area contributed by atoms with E-state index in [9.17, 15) is 0 Å². The van der Waals surface area contributed by atoms with Crippen molar-refractivity contribution in [2.45, 2.75) is 46.1 Å². The summed E-state index contributed by atoms with van der Waals surface area (Å²) in [5.41, 5.74) is 4.63. The van der Waals surface area contributed by atoms with Crippen LogP contribution in [-0.4, -0.2) is 4.98 Å². The standard InChI is InChI=1S/C18H24N2/c1-4-5-11-18(16-9-7-6-8-10-16)20-17-13-12-14(2)19-15(17)3/h6-10,12-13,18,20H,4-5,11H2,1-3H3. The van der Waals surface area contributed by atoms with Crippen LogP contribution in [0.3, 0.4) is 0 Å². The number of aromatic nitrogens is 1. The van der Waals surface area contributed by atoms with E-state index in [0.717, 1.165) is 23.5 Å². The van der Waals surface area contributed by atoms with Crippen LogP contribution in [0.15, 0.2) is 42.5 Å². The highest BCUT2D eigenvalue weighted by molar-refractivity contribution is 5.49. The summed E-state index contributed by atoms with van der Waals surface area (Å²) in [6, 6.07) is 15.2. The van der Waals surface area contributed by atoms with E-state index < -0.39 is 0 Å². The molecule has 1 unspecified atom stereocenters. The molecule has 1 aromatic heterocycles. The molecule has 0 aliphatic rings. The summed E-state index contributed by atoms with van der Waals surface area (Å²) < 4.78 is 0. The molecule has 1 N–H and O–H groups in total. The van der Waals surface area contributed by atoms with Crippen LogP contribution in [0.25, 0.3) is 0 Å². The van der Waals surface area contributed by atoms with Gasteiger partial charge in [-0.25, -0.2) is 0 Å². The molecular weight excluding hydrogens is 244 g/mol. The zero-order valence-corrected chi connectivity index (χ0v) is 12.7. The Hall–Kier alpha value is -1.83. The van der Waals surface area contributed by atoms with Crippen LogP contribution in [0.2, 0.25) is 0 Å². The number of anilines is 1. The van der Waals surface area contributed by atoms with Gasteiger partial charge in [-0.1, -0.05) is 50.1 Å². The molecule has 0 saturated heterocycles. The van der Waals surface area contributed by atoms with E-state index in [1.165, 1.54) is 18.4 Å². The Bertz CT molecular complexity index is 534. The molecule has 0 aliphatic heterocycles. The number of unbranched alkanes of at least 4 members (excludes halogenated alkanes) is 1. The zero-order chi connectivity index (χ0) is 14.4. The summed E-state index contributed by atoms with van der Waals surface area (Å²) in [6.07, 6.45) is 3.59. The molecule has 106 valence electrons. The number of pyridine rings is 1. The molecule has 1 atom stereocenters. The van der Waals surface area contributed by atoms with E-state index >= 15 is 0 Å². The number of nitrogens with one attached hydrogen (secondary N) is 1. The van der Waals surface area contributed by atoms with Gasteiger partial charge in [-0.05, 0) is 38.0 Å². The quantitative estimate of drug-likeness (QED) is 0.793. The second-order valence-corrected chi connectivity index (χ2v) is 5.34. The van der Waals surface area contributed by atoms with Gasteiger partial charge in [0, 0.05) is 5.69 Å². The van der Waals surface area contributed by atoms with Gasteiger partial charge in [0.1, 0.15) is 0 Å². The van der Waals surface area contributed by atoms with Gasteiger partial charge >= 0.3 is 0 Å². The Morgan fingerprint density at radius 3 is 2.45 bits per heavy atom. The van der Waals surface area contributed by atoms with Crippen LogP contribution in [0.4, 0.5) is 5.69 Å². The van der Waals surface area contributed by atoms with Crippen LogP contribution >= 0.6 is 0 Å². The van der Waals surface area contributed by atoms with Gasteiger partial charge in [-0.2, -0.15) is 0 Å². The van der Waals surface area contributed by atoms with E-state index in [1.807, 2.05) is 6.92 Å². The first-order valence-corrected chi connectivity index (χ1v) is 7.46. The topological polar surface area (TPSA) is 24.9 Å². The number of rotatable bonds is 6. The van der Waals surface area contributed by atoms with Crippen molar-refractivity contribution >= 4 is 5.69 Å². The summed E-state index contributed by atoms with van der Waals surface area (Å²) in [6.45, 7) is 6.33. The third kappa shape index (κ3) is 3.83. The molecule has 2 aromatic rings. The maximum Gasteiger partial charge on any atom is 0.0607 e. The number of hydrogen-bond donors (Lipinski definition) is 1. The van der Waals surface area contributed by atoms with E-state index in [4.69, 9.17) is 0 Å². The average Bonchev–Trinajstić information content (AvgIpc) is 2.46. The van der Waals surface area contributed by atoms with Crippen LogP contribution in [-0.2, 0) is 0 Å². The van der Waals surface area contributed by atoms with Crippen LogP contribution in [0.5, 0.6) is 0 Å². The Balaban J connectivity index is 2.19. The van der Waals surface area contributed by atoms with E-state index in [2.05, 4.69) is 66.6 Å². The van der Waals surface area contributed by atoms with Gasteiger partial charge in [0.05, 0.1) is 17.4 Å². The van der Waals surface area contributed by atoms with Crippen molar-refractivity contribution in [2.24, 2.45) is 0 Å². The van der Waals surface area contributed by atoms with E-state index in [1.54, 1.807) is 0 Å². The fourth-order valence-electron chi connectivity index (χ4n) is 2.44. The van der Waals surface area contributed by atoms with Gasteiger partial charge in [0.15, 0.2) is 0 Å². The minimum atomic E-state index is 0.361. The van der Waals surface area contributed by atoms with Gasteiger partial charge in [-0.15, -0.1) is 0 Å². The molecule has 0 fully saturated rings. The third-order valence-corrected chi connectivity index (χ3v) is 3.60. The molecule has 0 amide bonds. The van der Waals surface area contributed by atoms with Gasteiger partial charge < -0.3 is 5.32 Å². The minimum absolute atomic E-state index is 0.361. The molecule has 0 aliphatic carbocycles. The lowest BCUT2D eigenvalue weighted by Gasteiger charge is -2.21. The minimum Gasteiger partial charge on any atom is -0.377 e.